The third kappa shape index (κ3) is 3.72. The quantitative estimate of drug-likeness (QED) is 0.853. The number of thioether (sulfide) groups is 1. The molecule has 0 aromatic heterocycles. The fraction of sp³-hybridized carbons (Fsp3) is 0.263. The summed E-state index contributed by atoms with van der Waals surface area (Å²) < 4.78 is 5.60. The number of amides is 1. The molecule has 5 heteroatoms. The molecular weight excluding hydrogens is 320 g/mol. The zero-order chi connectivity index (χ0) is 16.9. The van der Waals surface area contributed by atoms with Crippen molar-refractivity contribution in [1.82, 2.24) is 0 Å². The van der Waals surface area contributed by atoms with E-state index in [4.69, 9.17) is 10.00 Å². The number of nitrogens with zero attached hydrogens (tertiary/aromatic N) is 2. The minimum Gasteiger partial charge on any atom is -0.484 e. The summed E-state index contributed by atoms with van der Waals surface area (Å²) in [6, 6.07) is 16.9. The molecule has 1 aliphatic rings. The lowest BCUT2D eigenvalue weighted by Gasteiger charge is -2.22. The van der Waals surface area contributed by atoms with Crippen LogP contribution in [0, 0.1) is 11.3 Å². The molecule has 0 saturated heterocycles. The maximum Gasteiger partial charge on any atom is 0.264 e. The Labute approximate surface area is 146 Å². The Balaban J connectivity index is 1.74. The smallest absolute Gasteiger partial charge is 0.264 e. The predicted octanol–water partition coefficient (Wildman–Crippen LogP) is 3.85. The van der Waals surface area contributed by atoms with E-state index < -0.39 is 0 Å². The molecular formula is C19H18N2O2S. The second-order valence-electron chi connectivity index (χ2n) is 5.66. The van der Waals surface area contributed by atoms with Gasteiger partial charge in [-0.25, -0.2) is 0 Å². The van der Waals surface area contributed by atoms with Gasteiger partial charge in [0.1, 0.15) is 5.75 Å². The molecule has 2 aromatic rings. The fourth-order valence-electron chi connectivity index (χ4n) is 2.62. The number of rotatable bonds is 3. The number of benzene rings is 2. The van der Waals surface area contributed by atoms with Crippen molar-refractivity contribution in [2.24, 2.45) is 0 Å². The third-order valence-corrected chi connectivity index (χ3v) is 5.11. The van der Waals surface area contributed by atoms with Gasteiger partial charge in [0.2, 0.25) is 0 Å². The van der Waals surface area contributed by atoms with Gasteiger partial charge < -0.3 is 9.64 Å². The number of para-hydroxylation sites is 1. The average molecular weight is 338 g/mol. The van der Waals surface area contributed by atoms with Crippen LogP contribution in [0.4, 0.5) is 5.69 Å². The highest BCUT2D eigenvalue weighted by Crippen LogP contribution is 2.37. The van der Waals surface area contributed by atoms with Gasteiger partial charge in [-0.1, -0.05) is 25.1 Å². The van der Waals surface area contributed by atoms with Crippen molar-refractivity contribution in [1.29, 1.82) is 5.26 Å². The molecule has 0 saturated carbocycles. The maximum absolute atomic E-state index is 12.7. The molecule has 0 radical (unpaired) electrons. The zero-order valence-electron chi connectivity index (χ0n) is 13.4. The molecule has 0 fully saturated rings. The van der Waals surface area contributed by atoms with Crippen LogP contribution in [0.5, 0.6) is 5.75 Å². The van der Waals surface area contributed by atoms with Crippen LogP contribution in [-0.4, -0.2) is 24.3 Å². The van der Waals surface area contributed by atoms with Gasteiger partial charge in [-0.2, -0.15) is 5.26 Å². The maximum atomic E-state index is 12.7. The van der Waals surface area contributed by atoms with Gasteiger partial charge in [-0.15, -0.1) is 11.8 Å². The van der Waals surface area contributed by atoms with Crippen LogP contribution >= 0.6 is 11.8 Å². The summed E-state index contributed by atoms with van der Waals surface area (Å²) in [6.07, 6.45) is 0.939. The van der Waals surface area contributed by atoms with Crippen molar-refractivity contribution >= 4 is 23.4 Å². The fourth-order valence-corrected chi connectivity index (χ4v) is 3.74. The Morgan fingerprint density at radius 1 is 1.33 bits per heavy atom. The zero-order valence-corrected chi connectivity index (χ0v) is 14.3. The Morgan fingerprint density at radius 3 is 3.00 bits per heavy atom. The number of fused-ring (bicyclic) bond motifs is 1. The molecule has 0 aliphatic carbocycles. The Morgan fingerprint density at radius 2 is 2.17 bits per heavy atom. The van der Waals surface area contributed by atoms with Gasteiger partial charge in [0.25, 0.3) is 5.91 Å². The first-order valence-electron chi connectivity index (χ1n) is 7.86. The van der Waals surface area contributed by atoms with E-state index in [1.807, 2.05) is 18.2 Å². The van der Waals surface area contributed by atoms with E-state index in [0.29, 0.717) is 23.1 Å². The molecule has 1 atom stereocenters. The first kappa shape index (κ1) is 16.4. The van der Waals surface area contributed by atoms with Crippen molar-refractivity contribution in [2.75, 3.05) is 18.1 Å². The number of hydrogen-bond donors (Lipinski definition) is 0. The van der Waals surface area contributed by atoms with Crippen LogP contribution in [0.1, 0.15) is 18.9 Å². The third-order valence-electron chi connectivity index (χ3n) is 3.87. The van der Waals surface area contributed by atoms with E-state index in [1.165, 1.54) is 0 Å². The summed E-state index contributed by atoms with van der Waals surface area (Å²) in [6.45, 7) is 2.83. The van der Waals surface area contributed by atoms with Gasteiger partial charge in [0, 0.05) is 16.7 Å². The topological polar surface area (TPSA) is 53.3 Å². The minimum atomic E-state index is -0.0699. The minimum absolute atomic E-state index is 0.0394. The van der Waals surface area contributed by atoms with E-state index in [1.54, 1.807) is 40.9 Å². The highest BCUT2D eigenvalue weighted by molar-refractivity contribution is 8.00. The predicted molar refractivity (Wildman–Crippen MR) is 95.4 cm³/mol. The van der Waals surface area contributed by atoms with Gasteiger partial charge >= 0.3 is 0 Å². The van der Waals surface area contributed by atoms with Gasteiger partial charge in [-0.05, 0) is 36.8 Å². The lowest BCUT2D eigenvalue weighted by atomic mass is 10.2. The second kappa shape index (κ2) is 7.41. The molecule has 122 valence electrons. The van der Waals surface area contributed by atoms with Crippen molar-refractivity contribution in [3.8, 4) is 11.8 Å². The first-order valence-corrected chi connectivity index (χ1v) is 8.74. The van der Waals surface area contributed by atoms with Gasteiger partial charge in [-0.3, -0.25) is 4.79 Å². The molecule has 1 amide bonds. The summed E-state index contributed by atoms with van der Waals surface area (Å²) in [5.41, 5.74) is 1.47. The van der Waals surface area contributed by atoms with E-state index >= 15 is 0 Å². The number of carbonyl (C=O) groups is 1. The van der Waals surface area contributed by atoms with Crippen LogP contribution in [0.15, 0.2) is 53.4 Å². The van der Waals surface area contributed by atoms with Crippen molar-refractivity contribution in [3.63, 3.8) is 0 Å². The van der Waals surface area contributed by atoms with E-state index in [-0.39, 0.29) is 12.5 Å². The molecule has 0 unspecified atom stereocenters. The first-order chi connectivity index (χ1) is 11.7. The monoisotopic (exact) mass is 338 g/mol. The Bertz CT molecular complexity index is 785. The standard InChI is InChI=1S/C19H18N2O2S/c1-14-9-10-21(17-7-2-3-8-18(17)24-14)19(22)13-23-16-6-4-5-15(11-16)12-20/h2-8,11,14H,9-10,13H2,1H3/t14-/m1/s1. The molecule has 1 heterocycles. The van der Waals surface area contributed by atoms with Crippen molar-refractivity contribution in [2.45, 2.75) is 23.5 Å². The molecule has 2 aromatic carbocycles. The van der Waals surface area contributed by atoms with Gasteiger partial charge in [0.15, 0.2) is 6.61 Å². The summed E-state index contributed by atoms with van der Waals surface area (Å²) >= 11 is 1.80. The Kier molecular flexibility index (Phi) is 5.07. The number of carbonyl (C=O) groups excluding carboxylic acids is 1. The van der Waals surface area contributed by atoms with Crippen LogP contribution in [0.3, 0.4) is 0 Å². The number of hydrogen-bond acceptors (Lipinski definition) is 4. The van der Waals surface area contributed by atoms with E-state index in [2.05, 4.69) is 19.1 Å². The number of ether oxygens (including phenoxy) is 1. The van der Waals surface area contributed by atoms with Crippen LogP contribution in [-0.2, 0) is 4.79 Å². The highest BCUT2D eigenvalue weighted by atomic mass is 32.2. The normalized spacial score (nSPS) is 16.7. The van der Waals surface area contributed by atoms with Crippen molar-refractivity contribution < 1.29 is 9.53 Å². The molecule has 24 heavy (non-hydrogen) atoms. The largest absolute Gasteiger partial charge is 0.484 e. The van der Waals surface area contributed by atoms with Crippen molar-refractivity contribution in [3.05, 3.63) is 54.1 Å². The van der Waals surface area contributed by atoms with E-state index in [9.17, 15) is 4.79 Å². The lowest BCUT2D eigenvalue weighted by molar-refractivity contribution is -0.120. The van der Waals surface area contributed by atoms with Gasteiger partial charge in [0.05, 0.1) is 17.3 Å². The van der Waals surface area contributed by atoms with E-state index in [0.717, 1.165) is 17.0 Å². The highest BCUT2D eigenvalue weighted by Gasteiger charge is 2.24. The summed E-state index contributed by atoms with van der Waals surface area (Å²) in [5, 5.41) is 9.40. The summed E-state index contributed by atoms with van der Waals surface area (Å²) in [4.78, 5) is 15.6. The number of anilines is 1. The molecule has 4 nitrogen and oxygen atoms in total. The molecule has 3 rings (SSSR count). The molecule has 0 spiro atoms. The van der Waals surface area contributed by atoms with Crippen LogP contribution in [0.25, 0.3) is 0 Å². The lowest BCUT2D eigenvalue weighted by Crippen LogP contribution is -2.36. The Hall–Kier alpha value is -2.45. The molecule has 0 N–H and O–H groups in total. The number of nitriles is 1. The molecule has 0 bridgehead atoms. The summed E-state index contributed by atoms with van der Waals surface area (Å²) in [5.74, 6) is 0.466. The SMILES string of the molecule is C[C@@H]1CCN(C(=O)COc2cccc(C#N)c2)c2ccccc2S1. The van der Waals surface area contributed by atoms with Crippen LogP contribution < -0.4 is 9.64 Å². The molecule has 1 aliphatic heterocycles. The average Bonchev–Trinajstić information content (AvgIpc) is 2.78. The second-order valence-corrected chi connectivity index (χ2v) is 7.14. The summed E-state index contributed by atoms with van der Waals surface area (Å²) in [7, 11) is 0. The van der Waals surface area contributed by atoms with Crippen LogP contribution in [0.2, 0.25) is 0 Å².